The summed E-state index contributed by atoms with van der Waals surface area (Å²) in [6, 6.07) is 12.8. The van der Waals surface area contributed by atoms with Gasteiger partial charge in [-0.25, -0.2) is 5.43 Å². The number of hydrogen-bond donors (Lipinski definition) is 2. The summed E-state index contributed by atoms with van der Waals surface area (Å²) in [4.78, 5) is 11.7. The Kier molecular flexibility index (Phi) is 6.14. The van der Waals surface area contributed by atoms with Crippen molar-refractivity contribution in [2.75, 3.05) is 6.61 Å². The van der Waals surface area contributed by atoms with Crippen LogP contribution in [0.15, 0.2) is 60.2 Å². The predicted octanol–water partition coefficient (Wildman–Crippen LogP) is 2.96. The van der Waals surface area contributed by atoms with E-state index in [-0.39, 0.29) is 18.3 Å². The minimum Gasteiger partial charge on any atom is -0.507 e. The Morgan fingerprint density at radius 2 is 2.12 bits per heavy atom. The minimum atomic E-state index is -0.380. The monoisotopic (exact) mass is 324 g/mol. The average Bonchev–Trinajstić information content (AvgIpc) is 2.56. The molecule has 0 spiro atoms. The van der Waals surface area contributed by atoms with Crippen LogP contribution in [0.2, 0.25) is 0 Å². The zero-order valence-electron chi connectivity index (χ0n) is 13.5. The average molecular weight is 324 g/mol. The first kappa shape index (κ1) is 17.3. The molecule has 0 atom stereocenters. The second kappa shape index (κ2) is 8.53. The molecule has 5 nitrogen and oxygen atoms in total. The molecule has 0 bridgehead atoms. The fourth-order valence-electron chi connectivity index (χ4n) is 2.10. The quantitative estimate of drug-likeness (QED) is 0.467. The Labute approximate surface area is 141 Å². The van der Waals surface area contributed by atoms with Gasteiger partial charge in [-0.05, 0) is 42.7 Å². The molecule has 0 aliphatic rings. The van der Waals surface area contributed by atoms with Crippen molar-refractivity contribution in [3.63, 3.8) is 0 Å². The predicted molar refractivity (Wildman–Crippen MR) is 94.4 cm³/mol. The Balaban J connectivity index is 1.88. The van der Waals surface area contributed by atoms with Crippen LogP contribution >= 0.6 is 0 Å². The lowest BCUT2D eigenvalue weighted by Gasteiger charge is -2.06. The van der Waals surface area contributed by atoms with E-state index in [1.807, 2.05) is 37.3 Å². The lowest BCUT2D eigenvalue weighted by molar-refractivity contribution is -0.123. The number of amides is 1. The molecule has 1 amide bonds. The maximum absolute atomic E-state index is 11.7. The van der Waals surface area contributed by atoms with E-state index in [1.54, 1.807) is 18.2 Å². The van der Waals surface area contributed by atoms with Gasteiger partial charge in [-0.15, -0.1) is 6.58 Å². The summed E-state index contributed by atoms with van der Waals surface area (Å²) in [5, 5.41) is 13.9. The molecule has 0 radical (unpaired) electrons. The number of nitrogens with one attached hydrogen (secondary N) is 1. The lowest BCUT2D eigenvalue weighted by Crippen LogP contribution is -2.24. The normalized spacial score (nSPS) is 10.5. The van der Waals surface area contributed by atoms with Gasteiger partial charge in [0.2, 0.25) is 0 Å². The van der Waals surface area contributed by atoms with Crippen molar-refractivity contribution in [2.24, 2.45) is 5.10 Å². The first-order valence-electron chi connectivity index (χ1n) is 7.53. The maximum Gasteiger partial charge on any atom is 0.277 e. The van der Waals surface area contributed by atoms with Gasteiger partial charge in [-0.3, -0.25) is 4.79 Å². The van der Waals surface area contributed by atoms with Gasteiger partial charge in [0, 0.05) is 5.56 Å². The third-order valence-corrected chi connectivity index (χ3v) is 3.27. The molecule has 0 fully saturated rings. The van der Waals surface area contributed by atoms with Crippen molar-refractivity contribution in [2.45, 2.75) is 13.3 Å². The highest BCUT2D eigenvalue weighted by molar-refractivity contribution is 5.86. The van der Waals surface area contributed by atoms with E-state index < -0.39 is 0 Å². The summed E-state index contributed by atoms with van der Waals surface area (Å²) in [6.45, 7) is 5.46. The molecular formula is C19H20N2O3. The Morgan fingerprint density at radius 1 is 1.33 bits per heavy atom. The molecule has 2 rings (SSSR count). The molecule has 0 aromatic heterocycles. The number of aryl methyl sites for hydroxylation is 1. The van der Waals surface area contributed by atoms with E-state index in [0.29, 0.717) is 17.7 Å². The van der Waals surface area contributed by atoms with Crippen LogP contribution in [0.25, 0.3) is 0 Å². The number of para-hydroxylation sites is 1. The van der Waals surface area contributed by atoms with E-state index in [2.05, 4.69) is 17.1 Å². The van der Waals surface area contributed by atoms with Gasteiger partial charge in [0.15, 0.2) is 6.61 Å². The minimum absolute atomic E-state index is 0.131. The van der Waals surface area contributed by atoms with Crippen molar-refractivity contribution < 1.29 is 14.6 Å². The highest BCUT2D eigenvalue weighted by Crippen LogP contribution is 2.21. The standard InChI is InChI=1S/C19H20N2O3/c1-3-6-15-8-5-9-16(19(15)23)12-20-21-18(22)13-24-17-10-4-7-14(2)11-17/h3-5,7-12,23H,1,6,13H2,2H3,(H,21,22)/b20-12+. The largest absolute Gasteiger partial charge is 0.507 e. The number of allylic oxidation sites excluding steroid dienone is 1. The number of phenolic OH excluding ortho intramolecular Hbond substituents is 1. The number of benzene rings is 2. The Morgan fingerprint density at radius 3 is 2.88 bits per heavy atom. The van der Waals surface area contributed by atoms with Crippen LogP contribution < -0.4 is 10.2 Å². The van der Waals surface area contributed by atoms with Crippen LogP contribution in [-0.4, -0.2) is 23.8 Å². The van der Waals surface area contributed by atoms with Crippen LogP contribution in [0.5, 0.6) is 11.5 Å². The number of carbonyl (C=O) groups is 1. The maximum atomic E-state index is 11.7. The number of hydrazone groups is 1. The summed E-state index contributed by atoms with van der Waals surface area (Å²) in [5.74, 6) is 0.379. The topological polar surface area (TPSA) is 70.9 Å². The molecule has 0 heterocycles. The molecule has 5 heteroatoms. The van der Waals surface area contributed by atoms with Gasteiger partial charge in [0.1, 0.15) is 11.5 Å². The van der Waals surface area contributed by atoms with Gasteiger partial charge in [-0.2, -0.15) is 5.10 Å². The molecule has 0 aliphatic carbocycles. The number of phenols is 1. The molecule has 2 N–H and O–H groups in total. The summed E-state index contributed by atoms with van der Waals surface area (Å²) in [7, 11) is 0. The molecule has 124 valence electrons. The molecule has 2 aromatic carbocycles. The second-order valence-corrected chi connectivity index (χ2v) is 5.25. The third-order valence-electron chi connectivity index (χ3n) is 3.27. The summed E-state index contributed by atoms with van der Waals surface area (Å²) in [5.41, 5.74) is 4.70. The fourth-order valence-corrected chi connectivity index (χ4v) is 2.10. The second-order valence-electron chi connectivity index (χ2n) is 5.25. The molecule has 0 aliphatic heterocycles. The molecule has 0 saturated carbocycles. The van der Waals surface area contributed by atoms with Crippen LogP contribution in [-0.2, 0) is 11.2 Å². The van der Waals surface area contributed by atoms with Gasteiger partial charge >= 0.3 is 0 Å². The Bertz CT molecular complexity index is 754. The molecule has 2 aromatic rings. The van der Waals surface area contributed by atoms with Crippen LogP contribution in [0, 0.1) is 6.92 Å². The lowest BCUT2D eigenvalue weighted by atomic mass is 10.1. The van der Waals surface area contributed by atoms with E-state index in [4.69, 9.17) is 4.74 Å². The van der Waals surface area contributed by atoms with Gasteiger partial charge in [0.05, 0.1) is 6.21 Å². The zero-order valence-corrected chi connectivity index (χ0v) is 13.5. The van der Waals surface area contributed by atoms with E-state index in [9.17, 15) is 9.90 Å². The zero-order chi connectivity index (χ0) is 17.4. The van der Waals surface area contributed by atoms with Crippen molar-refractivity contribution in [3.8, 4) is 11.5 Å². The number of aromatic hydroxyl groups is 1. The van der Waals surface area contributed by atoms with Crippen molar-refractivity contribution in [1.82, 2.24) is 5.43 Å². The number of hydrogen-bond acceptors (Lipinski definition) is 4. The van der Waals surface area contributed by atoms with Gasteiger partial charge < -0.3 is 9.84 Å². The molecule has 0 saturated heterocycles. The fraction of sp³-hybridized carbons (Fsp3) is 0.158. The highest BCUT2D eigenvalue weighted by atomic mass is 16.5. The number of nitrogens with zero attached hydrogens (tertiary/aromatic N) is 1. The summed E-state index contributed by atoms with van der Waals surface area (Å²) < 4.78 is 5.38. The van der Waals surface area contributed by atoms with Crippen molar-refractivity contribution >= 4 is 12.1 Å². The van der Waals surface area contributed by atoms with Gasteiger partial charge in [0.25, 0.3) is 5.91 Å². The number of carbonyl (C=O) groups excluding carboxylic acids is 1. The number of rotatable bonds is 7. The molecule has 24 heavy (non-hydrogen) atoms. The molecular weight excluding hydrogens is 304 g/mol. The van der Waals surface area contributed by atoms with E-state index in [1.165, 1.54) is 6.21 Å². The van der Waals surface area contributed by atoms with Crippen molar-refractivity contribution in [1.29, 1.82) is 0 Å². The molecule has 0 unspecified atom stereocenters. The van der Waals surface area contributed by atoms with Crippen LogP contribution in [0.3, 0.4) is 0 Å². The summed E-state index contributed by atoms with van der Waals surface area (Å²) >= 11 is 0. The van der Waals surface area contributed by atoms with Crippen LogP contribution in [0.4, 0.5) is 0 Å². The van der Waals surface area contributed by atoms with Crippen molar-refractivity contribution in [3.05, 3.63) is 71.8 Å². The number of ether oxygens (including phenoxy) is 1. The van der Waals surface area contributed by atoms with Crippen LogP contribution in [0.1, 0.15) is 16.7 Å². The van der Waals surface area contributed by atoms with E-state index >= 15 is 0 Å². The SMILES string of the molecule is C=CCc1cccc(/C=N/NC(=O)COc2cccc(C)c2)c1O. The first-order valence-corrected chi connectivity index (χ1v) is 7.53. The van der Waals surface area contributed by atoms with Gasteiger partial charge in [-0.1, -0.05) is 30.3 Å². The first-order chi connectivity index (χ1) is 11.6. The Hall–Kier alpha value is -3.08. The smallest absolute Gasteiger partial charge is 0.277 e. The van der Waals surface area contributed by atoms with E-state index in [0.717, 1.165) is 11.1 Å². The third kappa shape index (κ3) is 4.98. The highest BCUT2D eigenvalue weighted by Gasteiger charge is 2.05. The summed E-state index contributed by atoms with van der Waals surface area (Å²) in [6.07, 6.45) is 3.66.